The van der Waals surface area contributed by atoms with Gasteiger partial charge in [-0.25, -0.2) is 0 Å². The zero-order valence-corrected chi connectivity index (χ0v) is 59.5. The lowest BCUT2D eigenvalue weighted by atomic mass is 9.47. The molecular weight excluding hydrogens is 1100 g/mol. The molecule has 7 saturated heterocycles. The summed E-state index contributed by atoms with van der Waals surface area (Å²) in [5, 5.41) is 0. The van der Waals surface area contributed by atoms with E-state index in [0.717, 1.165) is 12.6 Å². The molecule has 0 aromatic heterocycles. The van der Waals surface area contributed by atoms with Crippen LogP contribution in [0.3, 0.4) is 0 Å². The van der Waals surface area contributed by atoms with Gasteiger partial charge >= 0.3 is 0 Å². The summed E-state index contributed by atoms with van der Waals surface area (Å²) >= 11 is 0. The molecule has 11 fully saturated rings. The Morgan fingerprint density at radius 2 is 0.747 bits per heavy atom. The fraction of sp³-hybridized carbons (Fsp3) is 0.512. The van der Waals surface area contributed by atoms with E-state index in [4.69, 9.17) is 0 Å². The second-order valence-corrected chi connectivity index (χ2v) is 32.3. The SMILES string of the molecule is Cc1cc(C)c(C)c(N2C(C)C3(C)CCC2(C)c2ccccc23)c1.Cc1cc(C)c(C)c(N2C(C)C34CCC2(CC3)CC4)c1.Cc1cc(C)c(C)c(N2C(C)C34CCC2(CC3)c2ccccc24)c1.Cc1cc(C)c(C)c(N2C(C)N3CCC2(C)c2ccccc23)c1. The predicted octanol–water partition coefficient (Wildman–Crippen LogP) is 21.1. The first-order chi connectivity index (χ1) is 43.2. The minimum Gasteiger partial charge on any atom is -0.362 e. The fourth-order valence-corrected chi connectivity index (χ4v) is 22.0. The Morgan fingerprint density at radius 1 is 0.330 bits per heavy atom. The van der Waals surface area contributed by atoms with Crippen molar-refractivity contribution in [1.82, 2.24) is 0 Å². The van der Waals surface area contributed by atoms with Crippen molar-refractivity contribution in [1.29, 1.82) is 0 Å². The summed E-state index contributed by atoms with van der Waals surface area (Å²) in [6.07, 6.45) is 18.2. The summed E-state index contributed by atoms with van der Waals surface area (Å²) in [7, 11) is 0. The van der Waals surface area contributed by atoms with E-state index in [0.29, 0.717) is 34.6 Å². The molecule has 7 atom stereocenters. The van der Waals surface area contributed by atoms with Crippen molar-refractivity contribution in [3.63, 3.8) is 0 Å². The molecule has 7 aliphatic carbocycles. The fourth-order valence-electron chi connectivity index (χ4n) is 22.0. The monoisotopic (exact) mass is 1210 g/mol. The molecule has 25 rings (SSSR count). The lowest BCUT2D eigenvalue weighted by Crippen LogP contribution is -2.72. The lowest BCUT2D eigenvalue weighted by molar-refractivity contribution is -0.0447. The predicted molar refractivity (Wildman–Crippen MR) is 388 cm³/mol. The number of aryl methyl sites for hydroxylation is 8. The van der Waals surface area contributed by atoms with Crippen LogP contribution in [0.25, 0.3) is 0 Å². The maximum atomic E-state index is 2.86. The summed E-state index contributed by atoms with van der Waals surface area (Å²) in [5.41, 5.74) is 34.3. The quantitative estimate of drug-likeness (QED) is 0.174. The van der Waals surface area contributed by atoms with E-state index < -0.39 is 0 Å². The zero-order chi connectivity index (χ0) is 64.4. The van der Waals surface area contributed by atoms with Crippen molar-refractivity contribution in [3.8, 4) is 0 Å². The number of nitrogens with zero attached hydrogens (tertiary/aromatic N) is 5. The summed E-state index contributed by atoms with van der Waals surface area (Å²) in [5.74, 6) is 0. The molecule has 8 bridgehead atoms. The normalized spacial score (nSPS) is 31.9. The molecule has 0 N–H and O–H groups in total. The van der Waals surface area contributed by atoms with Gasteiger partial charge in [-0.3, -0.25) is 0 Å². The summed E-state index contributed by atoms with van der Waals surface area (Å²) < 4.78 is 0. The molecular formula is C86H109N5. The highest BCUT2D eigenvalue weighted by Gasteiger charge is 2.65. The van der Waals surface area contributed by atoms with Crippen LogP contribution in [0, 0.1) is 88.5 Å². The first-order valence-corrected chi connectivity index (χ1v) is 35.7. The zero-order valence-electron chi connectivity index (χ0n) is 59.5. The van der Waals surface area contributed by atoms with Crippen molar-refractivity contribution in [2.75, 3.05) is 31.0 Å². The van der Waals surface area contributed by atoms with Gasteiger partial charge in [-0.05, 0) is 333 Å². The van der Waals surface area contributed by atoms with Crippen LogP contribution in [0.4, 0.5) is 28.4 Å². The molecule has 7 unspecified atom stereocenters. The van der Waals surface area contributed by atoms with Gasteiger partial charge in [0.15, 0.2) is 0 Å². The Labute approximate surface area is 550 Å². The van der Waals surface area contributed by atoms with E-state index in [9.17, 15) is 0 Å². The van der Waals surface area contributed by atoms with Gasteiger partial charge in [-0.2, -0.15) is 0 Å². The van der Waals surface area contributed by atoms with Crippen LogP contribution >= 0.6 is 0 Å². The first kappa shape index (κ1) is 62.0. The number of rotatable bonds is 4. The van der Waals surface area contributed by atoms with Gasteiger partial charge in [0.25, 0.3) is 0 Å². The smallest absolute Gasteiger partial charge is 0.0995 e. The average molecular weight is 1210 g/mol. The number of benzene rings is 7. The molecule has 11 heterocycles. The number of piperidine rings is 6. The highest BCUT2D eigenvalue weighted by Crippen LogP contribution is 2.68. The van der Waals surface area contributed by atoms with Crippen molar-refractivity contribution < 1.29 is 0 Å². The Bertz CT molecular complexity index is 3930. The van der Waals surface area contributed by atoms with Gasteiger partial charge in [0.2, 0.25) is 0 Å². The van der Waals surface area contributed by atoms with Crippen LogP contribution < -0.4 is 24.5 Å². The van der Waals surface area contributed by atoms with E-state index in [-0.39, 0.29) is 22.0 Å². The standard InChI is InChI=1S/C23H27N.C23H29N.C21H26N2.C19H27N/c1-15-13-16(2)17(3)21(14-15)24-18(4)22-9-11-23(24,12-10-22)20-8-6-5-7-19(20)22;1-15-13-16(2)17(3)21(14-15)24-18(4)22(5)11-12-23(24,6)20-10-8-7-9-19(20)22;1-14-12-15(2)16(3)20(13-14)23-17(4)22-11-10-21(23,5)18-8-6-7-9-19(18)22;1-13-11-14(2)15(3)17(12-13)20-16(4)18-5-8-19(20,9-6-18)10-7-18/h5-8,13-14,18H,9-12H2,1-4H3;7-10,13-14,18H,11-12H2,1-6H3;6-9,12-13,17H,10-11H2,1-5H3;11-12,16H,5-10H2,1-4H3. The third kappa shape index (κ3) is 8.85. The molecule has 4 saturated carbocycles. The Hall–Kier alpha value is -6.46. The van der Waals surface area contributed by atoms with Crippen LogP contribution in [0.15, 0.2) is 121 Å². The number of hydrogen-bond donors (Lipinski definition) is 0. The van der Waals surface area contributed by atoms with Crippen LogP contribution in [0.2, 0.25) is 0 Å². The number of hydrogen-bond acceptors (Lipinski definition) is 5. The second-order valence-electron chi connectivity index (χ2n) is 32.3. The maximum Gasteiger partial charge on any atom is 0.0995 e. The van der Waals surface area contributed by atoms with Gasteiger partial charge in [-0.15, -0.1) is 0 Å². The molecule has 478 valence electrons. The summed E-state index contributed by atoms with van der Waals surface area (Å²) in [4.78, 5) is 13.7. The minimum absolute atomic E-state index is 0.0791. The maximum absolute atomic E-state index is 2.86. The molecule has 0 radical (unpaired) electrons. The molecule has 7 aromatic carbocycles. The van der Waals surface area contributed by atoms with E-state index in [2.05, 4.69) is 277 Å². The highest BCUT2D eigenvalue weighted by atomic mass is 15.4. The summed E-state index contributed by atoms with van der Waals surface area (Å²) in [6.45, 7) is 45.4. The molecule has 5 nitrogen and oxygen atoms in total. The van der Waals surface area contributed by atoms with Gasteiger partial charge < -0.3 is 24.5 Å². The Kier molecular flexibility index (Phi) is 14.7. The van der Waals surface area contributed by atoms with Crippen LogP contribution in [-0.2, 0) is 27.4 Å². The highest BCUT2D eigenvalue weighted by molar-refractivity contribution is 5.73. The average Bonchev–Trinajstić information content (AvgIpc) is 0.684. The van der Waals surface area contributed by atoms with Gasteiger partial charge in [0.1, 0.15) is 0 Å². The molecule has 91 heavy (non-hydrogen) atoms. The molecule has 0 amide bonds. The topological polar surface area (TPSA) is 16.2 Å². The van der Waals surface area contributed by atoms with Gasteiger partial charge in [0, 0.05) is 75.0 Å². The number of fused-ring (bicyclic) bond motifs is 4. The van der Waals surface area contributed by atoms with E-state index in [1.807, 2.05) is 0 Å². The lowest BCUT2D eigenvalue weighted by Gasteiger charge is -2.70. The van der Waals surface area contributed by atoms with Crippen molar-refractivity contribution >= 4 is 28.4 Å². The van der Waals surface area contributed by atoms with Crippen LogP contribution in [0.1, 0.15) is 227 Å². The van der Waals surface area contributed by atoms with Gasteiger partial charge in [-0.1, -0.05) is 97.9 Å². The number of anilines is 5. The van der Waals surface area contributed by atoms with E-state index >= 15 is 0 Å². The number of para-hydroxylation sites is 1. The Balaban J connectivity index is 0.000000106. The van der Waals surface area contributed by atoms with E-state index in [1.165, 1.54) is 184 Å². The van der Waals surface area contributed by atoms with Crippen molar-refractivity contribution in [3.05, 3.63) is 216 Å². The van der Waals surface area contributed by atoms with Crippen molar-refractivity contribution in [2.24, 2.45) is 5.41 Å². The van der Waals surface area contributed by atoms with Gasteiger partial charge in [0.05, 0.1) is 22.8 Å². The molecule has 0 spiro atoms. The van der Waals surface area contributed by atoms with Crippen LogP contribution in [0.5, 0.6) is 0 Å². The molecule has 18 aliphatic rings. The first-order valence-electron chi connectivity index (χ1n) is 35.7. The summed E-state index contributed by atoms with van der Waals surface area (Å²) in [6, 6.07) is 48.2. The molecule has 5 heteroatoms. The third-order valence-corrected chi connectivity index (χ3v) is 27.9. The molecule has 11 aliphatic heterocycles. The minimum atomic E-state index is 0.0791. The second kappa shape index (κ2) is 21.5. The third-order valence-electron chi connectivity index (χ3n) is 27.9. The largest absolute Gasteiger partial charge is 0.362 e. The molecule has 7 aromatic rings. The van der Waals surface area contributed by atoms with E-state index in [1.54, 1.807) is 22.4 Å². The Morgan fingerprint density at radius 3 is 1.25 bits per heavy atom. The van der Waals surface area contributed by atoms with Crippen molar-refractivity contribution in [2.45, 2.75) is 272 Å². The van der Waals surface area contributed by atoms with Crippen LogP contribution in [-0.4, -0.2) is 36.4 Å².